The van der Waals surface area contributed by atoms with Gasteiger partial charge in [0.05, 0.1) is 5.39 Å². The summed E-state index contributed by atoms with van der Waals surface area (Å²) in [7, 11) is 0. The van der Waals surface area contributed by atoms with Crippen LogP contribution >= 0.6 is 11.6 Å². The molecule has 1 aliphatic rings. The Bertz CT molecular complexity index is 889. The molecule has 5 nitrogen and oxygen atoms in total. The van der Waals surface area contributed by atoms with Gasteiger partial charge in [0.25, 0.3) is 0 Å². The first-order chi connectivity index (χ1) is 12.6. The lowest BCUT2D eigenvalue weighted by atomic mass is 9.88. The summed E-state index contributed by atoms with van der Waals surface area (Å²) in [6.07, 6.45) is 4.91. The smallest absolute Gasteiger partial charge is 0.143 e. The molecule has 3 heterocycles. The minimum atomic E-state index is 0.721. The van der Waals surface area contributed by atoms with Gasteiger partial charge in [-0.3, -0.25) is 4.90 Å². The molecule has 2 unspecified atom stereocenters. The van der Waals surface area contributed by atoms with Crippen LogP contribution in [0, 0.1) is 11.8 Å². The minimum Gasteiger partial charge on any atom is -0.346 e. The molecule has 2 N–H and O–H groups in total. The molecular weight excluding hydrogens is 346 g/mol. The number of aromatic nitrogens is 3. The number of fused-ring (bicyclic) bond motifs is 1. The molecule has 0 saturated carbocycles. The van der Waals surface area contributed by atoms with Gasteiger partial charge in [-0.2, -0.15) is 0 Å². The van der Waals surface area contributed by atoms with Crippen LogP contribution in [0.1, 0.15) is 25.8 Å². The van der Waals surface area contributed by atoms with Gasteiger partial charge < -0.3 is 10.3 Å². The lowest BCUT2D eigenvalue weighted by Gasteiger charge is -2.35. The second kappa shape index (κ2) is 7.25. The summed E-state index contributed by atoms with van der Waals surface area (Å²) in [4.78, 5) is 14.7. The van der Waals surface area contributed by atoms with Crippen LogP contribution in [0.2, 0.25) is 5.02 Å². The first kappa shape index (κ1) is 17.3. The fourth-order valence-electron chi connectivity index (χ4n) is 3.65. The zero-order valence-corrected chi connectivity index (χ0v) is 15.9. The summed E-state index contributed by atoms with van der Waals surface area (Å²) in [5.41, 5.74) is 3.06. The van der Waals surface area contributed by atoms with Gasteiger partial charge in [-0.25, -0.2) is 9.97 Å². The minimum absolute atomic E-state index is 0.721. The van der Waals surface area contributed by atoms with Crippen molar-refractivity contribution in [1.82, 2.24) is 19.9 Å². The number of nitrogens with zero attached hydrogens (tertiary/aromatic N) is 3. The maximum atomic E-state index is 5.98. The fraction of sp³-hybridized carbons (Fsp3) is 0.400. The zero-order valence-electron chi connectivity index (χ0n) is 15.2. The number of rotatable bonds is 4. The van der Waals surface area contributed by atoms with Crippen molar-refractivity contribution in [3.8, 4) is 0 Å². The molecule has 26 heavy (non-hydrogen) atoms. The Morgan fingerprint density at radius 3 is 2.77 bits per heavy atom. The van der Waals surface area contributed by atoms with Gasteiger partial charge in [0, 0.05) is 30.0 Å². The second-order valence-electron chi connectivity index (χ2n) is 7.37. The number of hydrogen-bond acceptors (Lipinski definition) is 4. The molecule has 0 bridgehead atoms. The number of piperidine rings is 1. The van der Waals surface area contributed by atoms with Gasteiger partial charge >= 0.3 is 0 Å². The first-order valence-electron chi connectivity index (χ1n) is 9.16. The lowest BCUT2D eigenvalue weighted by molar-refractivity contribution is 0.132. The molecule has 1 aliphatic heterocycles. The number of anilines is 2. The number of halogens is 1. The molecule has 0 radical (unpaired) electrons. The first-order valence-corrected chi connectivity index (χ1v) is 9.54. The molecule has 4 rings (SSSR count). The number of benzene rings is 1. The van der Waals surface area contributed by atoms with Crippen LogP contribution in [0.4, 0.5) is 11.5 Å². The third-order valence-corrected chi connectivity index (χ3v) is 5.72. The number of hydrogen-bond donors (Lipinski definition) is 2. The summed E-state index contributed by atoms with van der Waals surface area (Å²) in [6.45, 7) is 7.91. The Labute approximate surface area is 158 Å². The van der Waals surface area contributed by atoms with E-state index >= 15 is 0 Å². The summed E-state index contributed by atoms with van der Waals surface area (Å²) < 4.78 is 0. The van der Waals surface area contributed by atoms with E-state index in [1.165, 1.54) is 12.0 Å². The Hall–Kier alpha value is -2.11. The normalized spacial score (nSPS) is 21.2. The molecule has 1 aromatic carbocycles. The average Bonchev–Trinajstić information content (AvgIpc) is 3.04. The highest BCUT2D eigenvalue weighted by atomic mass is 35.5. The van der Waals surface area contributed by atoms with Crippen LogP contribution < -0.4 is 5.32 Å². The molecule has 1 fully saturated rings. The maximum Gasteiger partial charge on any atom is 0.143 e. The largest absolute Gasteiger partial charge is 0.346 e. The van der Waals surface area contributed by atoms with Crippen molar-refractivity contribution in [2.24, 2.45) is 11.8 Å². The van der Waals surface area contributed by atoms with Crippen molar-refractivity contribution in [2.45, 2.75) is 26.8 Å². The maximum absolute atomic E-state index is 5.98. The summed E-state index contributed by atoms with van der Waals surface area (Å²) in [6, 6.07) is 7.65. The SMILES string of the molecule is CC1CCN(Cc2c[nH]c3ncnc(Nc4ccc(Cl)cc4)c23)CC1C. The molecule has 136 valence electrons. The Balaban J connectivity index is 1.61. The van der Waals surface area contributed by atoms with Gasteiger partial charge in [0.2, 0.25) is 0 Å². The molecule has 2 atom stereocenters. The molecule has 2 aromatic heterocycles. The number of H-pyrrole nitrogens is 1. The van der Waals surface area contributed by atoms with Crippen LogP contribution in [0.5, 0.6) is 0 Å². The van der Waals surface area contributed by atoms with Gasteiger partial charge in [-0.15, -0.1) is 0 Å². The van der Waals surface area contributed by atoms with E-state index in [2.05, 4.69) is 45.2 Å². The van der Waals surface area contributed by atoms with E-state index < -0.39 is 0 Å². The van der Waals surface area contributed by atoms with Crippen LogP contribution in [0.3, 0.4) is 0 Å². The summed E-state index contributed by atoms with van der Waals surface area (Å²) in [5.74, 6) is 2.36. The topological polar surface area (TPSA) is 56.8 Å². The third kappa shape index (κ3) is 3.55. The molecule has 0 amide bonds. The highest BCUT2D eigenvalue weighted by Gasteiger charge is 2.23. The molecule has 0 aliphatic carbocycles. The van der Waals surface area contributed by atoms with Crippen molar-refractivity contribution in [3.05, 3.63) is 47.4 Å². The number of likely N-dealkylation sites (tertiary alicyclic amines) is 1. The van der Waals surface area contributed by atoms with Gasteiger partial charge in [0.15, 0.2) is 0 Å². The van der Waals surface area contributed by atoms with Crippen LogP contribution in [0.25, 0.3) is 11.0 Å². The molecule has 0 spiro atoms. The van der Waals surface area contributed by atoms with E-state index in [-0.39, 0.29) is 0 Å². The predicted octanol–water partition coefficient (Wildman–Crippen LogP) is 4.83. The van der Waals surface area contributed by atoms with Crippen molar-refractivity contribution >= 4 is 34.1 Å². The third-order valence-electron chi connectivity index (χ3n) is 5.47. The van der Waals surface area contributed by atoms with Crippen LogP contribution in [-0.2, 0) is 6.54 Å². The molecule has 3 aromatic rings. The zero-order chi connectivity index (χ0) is 18.1. The van der Waals surface area contributed by atoms with Crippen LogP contribution in [0.15, 0.2) is 36.8 Å². The Kier molecular flexibility index (Phi) is 4.83. The molecule has 6 heteroatoms. The van der Waals surface area contributed by atoms with Crippen molar-refractivity contribution < 1.29 is 0 Å². The quantitative estimate of drug-likeness (QED) is 0.691. The molecular formula is C20H24ClN5. The number of aromatic amines is 1. The van der Waals surface area contributed by atoms with E-state index in [1.54, 1.807) is 6.33 Å². The monoisotopic (exact) mass is 369 g/mol. The van der Waals surface area contributed by atoms with Crippen molar-refractivity contribution in [2.75, 3.05) is 18.4 Å². The fourth-order valence-corrected chi connectivity index (χ4v) is 3.78. The van der Waals surface area contributed by atoms with E-state index in [0.29, 0.717) is 0 Å². The molecule has 1 saturated heterocycles. The van der Waals surface area contributed by atoms with Gasteiger partial charge in [-0.1, -0.05) is 25.4 Å². The van der Waals surface area contributed by atoms with Gasteiger partial charge in [0.1, 0.15) is 17.8 Å². The van der Waals surface area contributed by atoms with Crippen LogP contribution in [-0.4, -0.2) is 32.9 Å². The van der Waals surface area contributed by atoms with E-state index in [1.807, 2.05) is 24.3 Å². The summed E-state index contributed by atoms with van der Waals surface area (Å²) in [5, 5.41) is 5.19. The van der Waals surface area contributed by atoms with Gasteiger partial charge in [-0.05, 0) is 54.6 Å². The van der Waals surface area contributed by atoms with Crippen molar-refractivity contribution in [3.63, 3.8) is 0 Å². The summed E-state index contributed by atoms with van der Waals surface area (Å²) >= 11 is 5.98. The Morgan fingerprint density at radius 2 is 2.00 bits per heavy atom. The lowest BCUT2D eigenvalue weighted by Crippen LogP contribution is -2.37. The van der Waals surface area contributed by atoms with E-state index in [0.717, 1.165) is 59.0 Å². The highest BCUT2D eigenvalue weighted by molar-refractivity contribution is 6.30. The predicted molar refractivity (Wildman–Crippen MR) is 107 cm³/mol. The second-order valence-corrected chi connectivity index (χ2v) is 7.81. The number of nitrogens with one attached hydrogen (secondary N) is 2. The van der Waals surface area contributed by atoms with E-state index in [4.69, 9.17) is 11.6 Å². The Morgan fingerprint density at radius 1 is 1.19 bits per heavy atom. The highest BCUT2D eigenvalue weighted by Crippen LogP contribution is 2.29. The van der Waals surface area contributed by atoms with E-state index in [9.17, 15) is 0 Å². The average molecular weight is 370 g/mol. The van der Waals surface area contributed by atoms with Crippen molar-refractivity contribution in [1.29, 1.82) is 0 Å². The standard InChI is InChI=1S/C20H24ClN5/c1-13-7-8-26(10-14(13)2)11-15-9-22-19-18(15)20(24-12-23-19)25-17-5-3-16(21)4-6-17/h3-6,9,12-14H,7-8,10-11H2,1-2H3,(H2,22,23,24,25).